The van der Waals surface area contributed by atoms with Crippen LogP contribution in [0.4, 0.5) is 0 Å². The summed E-state index contributed by atoms with van der Waals surface area (Å²) in [4.78, 5) is 23.9. The predicted molar refractivity (Wildman–Crippen MR) is 67.5 cm³/mol. The van der Waals surface area contributed by atoms with Crippen molar-refractivity contribution >= 4 is 11.9 Å². The van der Waals surface area contributed by atoms with Crippen LogP contribution in [0.1, 0.15) is 52.4 Å². The van der Waals surface area contributed by atoms with Crippen molar-refractivity contribution in [2.75, 3.05) is 6.54 Å². The molecular formula is C13H23NO4. The fraction of sp³-hybridized carbons (Fsp3) is 0.846. The second-order valence-electron chi connectivity index (χ2n) is 5.07. The van der Waals surface area contributed by atoms with E-state index in [0.717, 1.165) is 25.7 Å². The van der Waals surface area contributed by atoms with E-state index >= 15 is 0 Å². The molecule has 0 heterocycles. The van der Waals surface area contributed by atoms with E-state index in [4.69, 9.17) is 10.2 Å². The Balaban J connectivity index is 2.82. The van der Waals surface area contributed by atoms with Crippen molar-refractivity contribution in [2.24, 2.45) is 0 Å². The summed E-state index contributed by atoms with van der Waals surface area (Å²) in [7, 11) is 0. The summed E-state index contributed by atoms with van der Waals surface area (Å²) in [6.45, 7) is 4.43. The summed E-state index contributed by atoms with van der Waals surface area (Å²) in [6, 6.07) is 0.378. The van der Waals surface area contributed by atoms with Gasteiger partial charge >= 0.3 is 11.9 Å². The molecular weight excluding hydrogens is 234 g/mol. The van der Waals surface area contributed by atoms with Gasteiger partial charge in [0.2, 0.25) is 0 Å². The highest BCUT2D eigenvalue weighted by atomic mass is 16.4. The third kappa shape index (κ3) is 3.70. The van der Waals surface area contributed by atoms with Crippen molar-refractivity contribution < 1.29 is 19.8 Å². The van der Waals surface area contributed by atoms with E-state index < -0.39 is 11.9 Å². The third-order valence-electron chi connectivity index (χ3n) is 3.96. The molecule has 2 N–H and O–H groups in total. The first-order valence-corrected chi connectivity index (χ1v) is 6.65. The van der Waals surface area contributed by atoms with Crippen LogP contribution in [0.5, 0.6) is 0 Å². The van der Waals surface area contributed by atoms with Crippen molar-refractivity contribution in [3.05, 3.63) is 0 Å². The number of aliphatic carboxylic acids is 2. The highest BCUT2D eigenvalue weighted by molar-refractivity contribution is 5.68. The van der Waals surface area contributed by atoms with Crippen molar-refractivity contribution in [2.45, 2.75) is 64.0 Å². The number of nitrogens with zero attached hydrogens (tertiary/aromatic N) is 1. The van der Waals surface area contributed by atoms with Crippen LogP contribution < -0.4 is 0 Å². The minimum atomic E-state index is -0.822. The Morgan fingerprint density at radius 2 is 1.72 bits per heavy atom. The first-order valence-electron chi connectivity index (χ1n) is 6.65. The van der Waals surface area contributed by atoms with Crippen LogP contribution in [0.25, 0.3) is 0 Å². The minimum Gasteiger partial charge on any atom is -0.481 e. The molecule has 1 fully saturated rings. The quantitative estimate of drug-likeness (QED) is 0.660. The fourth-order valence-corrected chi connectivity index (χ4v) is 2.70. The molecule has 5 nitrogen and oxygen atoms in total. The zero-order chi connectivity index (χ0) is 13.8. The van der Waals surface area contributed by atoms with Crippen LogP contribution >= 0.6 is 0 Å². The summed E-state index contributed by atoms with van der Waals surface area (Å²) >= 11 is 0. The second-order valence-corrected chi connectivity index (χ2v) is 5.07. The van der Waals surface area contributed by atoms with Gasteiger partial charge in [-0.1, -0.05) is 13.8 Å². The number of hydrogen-bond donors (Lipinski definition) is 2. The van der Waals surface area contributed by atoms with Crippen molar-refractivity contribution in [3.8, 4) is 0 Å². The van der Waals surface area contributed by atoms with E-state index in [1.807, 2.05) is 13.8 Å². The van der Waals surface area contributed by atoms with Gasteiger partial charge in [0.25, 0.3) is 0 Å². The van der Waals surface area contributed by atoms with Crippen molar-refractivity contribution in [3.63, 3.8) is 0 Å². The van der Waals surface area contributed by atoms with E-state index in [2.05, 4.69) is 4.90 Å². The Morgan fingerprint density at radius 3 is 2.06 bits per heavy atom. The van der Waals surface area contributed by atoms with E-state index in [-0.39, 0.29) is 18.4 Å². The van der Waals surface area contributed by atoms with Gasteiger partial charge in [0, 0.05) is 18.1 Å². The summed E-state index contributed by atoms with van der Waals surface area (Å²) in [6.07, 6.45) is 3.77. The van der Waals surface area contributed by atoms with Crippen molar-refractivity contribution in [1.82, 2.24) is 4.90 Å². The lowest BCUT2D eigenvalue weighted by atomic mass is 9.86. The Kier molecular flexibility index (Phi) is 5.14. The average Bonchev–Trinajstić information content (AvgIpc) is 3.11. The molecule has 1 saturated carbocycles. The molecule has 0 atom stereocenters. The Morgan fingerprint density at radius 1 is 1.17 bits per heavy atom. The molecule has 1 rings (SSSR count). The zero-order valence-electron chi connectivity index (χ0n) is 11.2. The molecule has 0 unspecified atom stereocenters. The van der Waals surface area contributed by atoms with E-state index in [0.29, 0.717) is 12.6 Å². The predicted octanol–water partition coefficient (Wildman–Crippen LogP) is 1.96. The van der Waals surface area contributed by atoms with Crippen LogP contribution in [0.15, 0.2) is 0 Å². The number of carboxylic acid groups (broad SMARTS) is 2. The normalized spacial score (nSPS) is 15.9. The highest BCUT2D eigenvalue weighted by Crippen LogP contribution is 2.38. The van der Waals surface area contributed by atoms with E-state index in [1.54, 1.807) is 0 Å². The molecule has 18 heavy (non-hydrogen) atoms. The minimum absolute atomic E-state index is 0.0812. The molecule has 0 spiro atoms. The van der Waals surface area contributed by atoms with Crippen LogP contribution in [0.2, 0.25) is 0 Å². The largest absolute Gasteiger partial charge is 0.481 e. The molecule has 0 saturated heterocycles. The number of carboxylic acids is 2. The summed E-state index contributed by atoms with van der Waals surface area (Å²) in [5.74, 6) is -1.63. The van der Waals surface area contributed by atoms with Gasteiger partial charge in [0.1, 0.15) is 0 Å². The molecule has 0 radical (unpaired) electrons. The third-order valence-corrected chi connectivity index (χ3v) is 3.96. The van der Waals surface area contributed by atoms with Gasteiger partial charge in [0.05, 0.1) is 12.8 Å². The van der Waals surface area contributed by atoms with Crippen LogP contribution in [-0.4, -0.2) is 45.2 Å². The maximum Gasteiger partial charge on any atom is 0.305 e. The Bertz CT molecular complexity index is 308. The smallest absolute Gasteiger partial charge is 0.305 e. The topological polar surface area (TPSA) is 77.8 Å². The molecule has 0 aromatic rings. The SMILES string of the molecule is CCC(CC)(CC(=O)O)N(CCC(=O)O)C1CC1. The first-order chi connectivity index (χ1) is 8.45. The molecule has 1 aliphatic rings. The maximum atomic E-state index is 11.1. The van der Waals surface area contributed by atoms with Crippen LogP contribution in [0, 0.1) is 0 Å². The lowest BCUT2D eigenvalue weighted by Gasteiger charge is -2.42. The van der Waals surface area contributed by atoms with Crippen LogP contribution in [0.3, 0.4) is 0 Å². The van der Waals surface area contributed by atoms with Gasteiger partial charge in [-0.05, 0) is 25.7 Å². The number of rotatable bonds is 9. The van der Waals surface area contributed by atoms with E-state index in [1.165, 1.54) is 0 Å². The lowest BCUT2D eigenvalue weighted by molar-refractivity contribution is -0.141. The van der Waals surface area contributed by atoms with Gasteiger partial charge in [-0.15, -0.1) is 0 Å². The molecule has 0 aromatic carbocycles. The monoisotopic (exact) mass is 257 g/mol. The molecule has 0 aromatic heterocycles. The zero-order valence-corrected chi connectivity index (χ0v) is 11.2. The molecule has 0 amide bonds. The summed E-state index contributed by atoms with van der Waals surface area (Å²) < 4.78 is 0. The highest BCUT2D eigenvalue weighted by Gasteiger charge is 2.43. The van der Waals surface area contributed by atoms with Crippen molar-refractivity contribution in [1.29, 1.82) is 0 Å². The Labute approximate surface area is 108 Å². The molecule has 104 valence electrons. The first kappa shape index (κ1) is 15.0. The fourth-order valence-electron chi connectivity index (χ4n) is 2.70. The number of hydrogen-bond acceptors (Lipinski definition) is 3. The molecule has 5 heteroatoms. The average molecular weight is 257 g/mol. The van der Waals surface area contributed by atoms with Gasteiger partial charge in [-0.3, -0.25) is 14.5 Å². The van der Waals surface area contributed by atoms with E-state index in [9.17, 15) is 9.59 Å². The van der Waals surface area contributed by atoms with Gasteiger partial charge < -0.3 is 10.2 Å². The maximum absolute atomic E-state index is 11.1. The molecule has 0 aliphatic heterocycles. The molecule has 1 aliphatic carbocycles. The summed E-state index contributed by atoms with van der Waals surface area (Å²) in [5.41, 5.74) is -0.386. The summed E-state index contributed by atoms with van der Waals surface area (Å²) in [5, 5.41) is 17.9. The molecule has 0 bridgehead atoms. The number of carbonyl (C=O) groups is 2. The lowest BCUT2D eigenvalue weighted by Crippen LogP contribution is -2.51. The Hall–Kier alpha value is -1.10. The van der Waals surface area contributed by atoms with Gasteiger partial charge in [-0.25, -0.2) is 0 Å². The standard InChI is InChI=1S/C13H23NO4/c1-3-13(4-2,9-12(17)18)14(10-5-6-10)8-7-11(15)16/h10H,3-9H2,1-2H3,(H,15,16)(H,17,18). The van der Waals surface area contributed by atoms with Gasteiger partial charge in [-0.2, -0.15) is 0 Å². The second kappa shape index (κ2) is 6.18. The van der Waals surface area contributed by atoms with Gasteiger partial charge in [0.15, 0.2) is 0 Å². The van der Waals surface area contributed by atoms with Crippen LogP contribution in [-0.2, 0) is 9.59 Å².